The Morgan fingerprint density at radius 3 is 2.96 bits per heavy atom. The van der Waals surface area contributed by atoms with Crippen LogP contribution in [0.3, 0.4) is 0 Å². The molecule has 2 aromatic rings. The number of halogens is 1. The summed E-state index contributed by atoms with van der Waals surface area (Å²) in [4.78, 5) is 12.3. The molecule has 0 unspecified atom stereocenters. The first-order chi connectivity index (χ1) is 11.1. The summed E-state index contributed by atoms with van der Waals surface area (Å²) >= 11 is 0. The smallest absolute Gasteiger partial charge is 0.274 e. The Hall–Kier alpha value is -2.28. The molecule has 122 valence electrons. The summed E-state index contributed by atoms with van der Waals surface area (Å²) in [7, 11) is 0. The Morgan fingerprint density at radius 2 is 2.22 bits per heavy atom. The van der Waals surface area contributed by atoms with Gasteiger partial charge in [0.1, 0.15) is 5.82 Å². The fourth-order valence-corrected chi connectivity index (χ4v) is 2.86. The summed E-state index contributed by atoms with van der Waals surface area (Å²) in [6.07, 6.45) is 1.96. The lowest BCUT2D eigenvalue weighted by atomic mass is 10.1. The summed E-state index contributed by atoms with van der Waals surface area (Å²) in [5.74, 6) is -0.600. The van der Waals surface area contributed by atoms with Crippen molar-refractivity contribution in [3.8, 4) is 0 Å². The molecule has 1 aliphatic heterocycles. The van der Waals surface area contributed by atoms with Crippen LogP contribution in [0.25, 0.3) is 0 Å². The van der Waals surface area contributed by atoms with Crippen LogP contribution in [0.1, 0.15) is 40.6 Å². The van der Waals surface area contributed by atoms with Gasteiger partial charge in [-0.1, -0.05) is 17.3 Å². The van der Waals surface area contributed by atoms with E-state index in [0.717, 1.165) is 31.6 Å². The molecular weight excluding hydrogens is 297 g/mol. The fraction of sp³-hybridized carbons (Fsp3) is 0.438. The Balaban J connectivity index is 1.66. The lowest BCUT2D eigenvalue weighted by Gasteiger charge is -2.23. The minimum Gasteiger partial charge on any atom is -0.347 e. The van der Waals surface area contributed by atoms with Gasteiger partial charge in [0, 0.05) is 6.54 Å². The molecular formula is C16H20FN5O. The van der Waals surface area contributed by atoms with Gasteiger partial charge in [-0.15, -0.1) is 5.10 Å². The van der Waals surface area contributed by atoms with Gasteiger partial charge in [-0.3, -0.25) is 4.79 Å². The zero-order valence-corrected chi connectivity index (χ0v) is 13.1. The second-order valence-electron chi connectivity index (χ2n) is 5.76. The van der Waals surface area contributed by atoms with Crippen LogP contribution in [0, 0.1) is 12.7 Å². The number of carbonyl (C=O) groups is 1. The van der Waals surface area contributed by atoms with E-state index in [4.69, 9.17) is 0 Å². The Bertz CT molecular complexity index is 694. The van der Waals surface area contributed by atoms with Crippen molar-refractivity contribution in [3.05, 3.63) is 47.0 Å². The van der Waals surface area contributed by atoms with E-state index >= 15 is 0 Å². The van der Waals surface area contributed by atoms with Crippen LogP contribution in [0.15, 0.2) is 24.3 Å². The summed E-state index contributed by atoms with van der Waals surface area (Å²) in [6.45, 7) is 4.02. The average molecular weight is 317 g/mol. The number of aromatic nitrogens is 3. The molecule has 1 aromatic heterocycles. The molecule has 1 aliphatic rings. The molecule has 1 fully saturated rings. The van der Waals surface area contributed by atoms with Crippen molar-refractivity contribution in [3.63, 3.8) is 0 Å². The number of benzene rings is 1. The number of nitrogens with one attached hydrogen (secondary N) is 2. The van der Waals surface area contributed by atoms with Crippen molar-refractivity contribution in [1.82, 2.24) is 25.6 Å². The van der Waals surface area contributed by atoms with E-state index in [1.165, 1.54) is 12.1 Å². The maximum atomic E-state index is 13.1. The number of amides is 1. The van der Waals surface area contributed by atoms with Crippen molar-refractivity contribution >= 4 is 5.91 Å². The molecule has 0 atom stereocenters. The molecule has 0 radical (unpaired) electrons. The standard InChI is InChI=1S/C16H20FN5O/c1-11-15(20-21-22(11)14-5-7-18-8-6-14)16(23)19-10-12-3-2-4-13(17)9-12/h2-4,9,14,18H,5-8,10H2,1H3,(H,19,23). The zero-order valence-electron chi connectivity index (χ0n) is 13.1. The molecule has 0 aliphatic carbocycles. The van der Waals surface area contributed by atoms with E-state index in [9.17, 15) is 9.18 Å². The van der Waals surface area contributed by atoms with Crippen molar-refractivity contribution in [2.75, 3.05) is 13.1 Å². The minimum absolute atomic E-state index is 0.260. The van der Waals surface area contributed by atoms with Gasteiger partial charge < -0.3 is 10.6 Å². The predicted octanol–water partition coefficient (Wildman–Crippen LogP) is 1.58. The summed E-state index contributed by atoms with van der Waals surface area (Å²) in [5.41, 5.74) is 1.82. The molecule has 2 N–H and O–H groups in total. The lowest BCUT2D eigenvalue weighted by Crippen LogP contribution is -2.30. The van der Waals surface area contributed by atoms with E-state index in [2.05, 4.69) is 20.9 Å². The van der Waals surface area contributed by atoms with Crippen LogP contribution in [-0.2, 0) is 6.54 Å². The van der Waals surface area contributed by atoms with Gasteiger partial charge in [-0.2, -0.15) is 0 Å². The Kier molecular flexibility index (Phi) is 4.66. The molecule has 0 saturated carbocycles. The summed E-state index contributed by atoms with van der Waals surface area (Å²) in [5, 5.41) is 14.2. The highest BCUT2D eigenvalue weighted by Gasteiger charge is 2.22. The first-order valence-electron chi connectivity index (χ1n) is 7.80. The van der Waals surface area contributed by atoms with Gasteiger partial charge in [0.2, 0.25) is 0 Å². The largest absolute Gasteiger partial charge is 0.347 e. The van der Waals surface area contributed by atoms with Crippen molar-refractivity contribution in [1.29, 1.82) is 0 Å². The lowest BCUT2D eigenvalue weighted by molar-refractivity contribution is 0.0945. The highest BCUT2D eigenvalue weighted by atomic mass is 19.1. The SMILES string of the molecule is Cc1c(C(=O)NCc2cccc(F)c2)nnn1C1CCNCC1. The quantitative estimate of drug-likeness (QED) is 0.898. The first-order valence-corrected chi connectivity index (χ1v) is 7.80. The number of rotatable bonds is 4. The third-order valence-electron chi connectivity index (χ3n) is 4.14. The van der Waals surface area contributed by atoms with Crippen LogP contribution >= 0.6 is 0 Å². The summed E-state index contributed by atoms with van der Waals surface area (Å²) < 4.78 is 15.0. The molecule has 1 saturated heterocycles. The third-order valence-corrected chi connectivity index (χ3v) is 4.14. The van der Waals surface area contributed by atoms with Crippen LogP contribution in [0.5, 0.6) is 0 Å². The van der Waals surface area contributed by atoms with Gasteiger partial charge in [0.25, 0.3) is 5.91 Å². The van der Waals surface area contributed by atoms with E-state index in [0.29, 0.717) is 11.3 Å². The van der Waals surface area contributed by atoms with E-state index in [1.54, 1.807) is 12.1 Å². The van der Waals surface area contributed by atoms with Crippen molar-refractivity contribution in [2.45, 2.75) is 32.4 Å². The highest BCUT2D eigenvalue weighted by Crippen LogP contribution is 2.20. The number of carbonyl (C=O) groups excluding carboxylic acids is 1. The topological polar surface area (TPSA) is 71.8 Å². The van der Waals surface area contributed by atoms with Gasteiger partial charge >= 0.3 is 0 Å². The number of hydrogen-bond donors (Lipinski definition) is 2. The molecule has 3 rings (SSSR count). The average Bonchev–Trinajstić information content (AvgIpc) is 2.95. The molecule has 1 aromatic carbocycles. The molecule has 0 bridgehead atoms. The van der Waals surface area contributed by atoms with Crippen LogP contribution < -0.4 is 10.6 Å². The maximum absolute atomic E-state index is 13.1. The molecule has 6 nitrogen and oxygen atoms in total. The monoisotopic (exact) mass is 317 g/mol. The first kappa shape index (κ1) is 15.6. The third kappa shape index (κ3) is 3.56. The molecule has 0 spiro atoms. The van der Waals surface area contributed by atoms with Crippen LogP contribution in [0.2, 0.25) is 0 Å². The van der Waals surface area contributed by atoms with Gasteiger partial charge in [0.05, 0.1) is 11.7 Å². The second-order valence-corrected chi connectivity index (χ2v) is 5.76. The van der Waals surface area contributed by atoms with Gasteiger partial charge in [-0.25, -0.2) is 9.07 Å². The van der Waals surface area contributed by atoms with Gasteiger partial charge in [-0.05, 0) is 50.6 Å². The van der Waals surface area contributed by atoms with Crippen LogP contribution in [-0.4, -0.2) is 34.0 Å². The van der Waals surface area contributed by atoms with Crippen molar-refractivity contribution < 1.29 is 9.18 Å². The molecule has 2 heterocycles. The Labute approximate surface area is 134 Å². The highest BCUT2D eigenvalue weighted by molar-refractivity contribution is 5.93. The Morgan fingerprint density at radius 1 is 1.43 bits per heavy atom. The molecule has 7 heteroatoms. The van der Waals surface area contributed by atoms with E-state index in [-0.39, 0.29) is 24.3 Å². The molecule has 1 amide bonds. The fourth-order valence-electron chi connectivity index (χ4n) is 2.86. The molecule has 23 heavy (non-hydrogen) atoms. The minimum atomic E-state index is -0.315. The summed E-state index contributed by atoms with van der Waals surface area (Å²) in [6, 6.07) is 6.45. The maximum Gasteiger partial charge on any atom is 0.274 e. The predicted molar refractivity (Wildman–Crippen MR) is 83.5 cm³/mol. The van der Waals surface area contributed by atoms with E-state index in [1.807, 2.05) is 11.6 Å². The van der Waals surface area contributed by atoms with Gasteiger partial charge in [0.15, 0.2) is 5.69 Å². The number of piperidine rings is 1. The van der Waals surface area contributed by atoms with Crippen molar-refractivity contribution in [2.24, 2.45) is 0 Å². The number of nitrogens with zero attached hydrogens (tertiary/aromatic N) is 3. The normalized spacial score (nSPS) is 15.6. The van der Waals surface area contributed by atoms with E-state index < -0.39 is 0 Å². The van der Waals surface area contributed by atoms with Crippen LogP contribution in [0.4, 0.5) is 4.39 Å². The second kappa shape index (κ2) is 6.87. The zero-order chi connectivity index (χ0) is 16.2. The number of hydrogen-bond acceptors (Lipinski definition) is 4.